The lowest BCUT2D eigenvalue weighted by Gasteiger charge is -2.17. The van der Waals surface area contributed by atoms with E-state index in [9.17, 15) is 4.79 Å². The van der Waals surface area contributed by atoms with Gasteiger partial charge in [-0.25, -0.2) is 0 Å². The minimum absolute atomic E-state index is 0.138. The predicted molar refractivity (Wildman–Crippen MR) is 85.9 cm³/mol. The molecule has 106 valence electrons. The molecular weight excluding hydrogens is 267 g/mol. The number of nitrogens with zero attached hydrogens (tertiary/aromatic N) is 1. The molecule has 3 nitrogen and oxygen atoms in total. The molecule has 2 rings (SSSR count). The maximum Gasteiger partial charge on any atom is 0.261 e. The highest BCUT2D eigenvalue weighted by Crippen LogP contribution is 2.60. The van der Waals surface area contributed by atoms with E-state index in [0.29, 0.717) is 11.7 Å². The van der Waals surface area contributed by atoms with E-state index in [1.54, 1.807) is 0 Å². The highest BCUT2D eigenvalue weighted by Gasteiger charge is 2.37. The quantitative estimate of drug-likeness (QED) is 0.865. The first-order valence-corrected chi connectivity index (χ1v) is 9.87. The summed E-state index contributed by atoms with van der Waals surface area (Å²) in [4.78, 5) is 12.3. The Morgan fingerprint density at radius 1 is 1.30 bits per heavy atom. The molecule has 0 spiro atoms. The number of anilines is 1. The summed E-state index contributed by atoms with van der Waals surface area (Å²) in [5, 5.41) is 12.0. The first-order chi connectivity index (χ1) is 9.43. The van der Waals surface area contributed by atoms with Crippen LogP contribution in [0, 0.1) is 25.2 Å². The monoisotopic (exact) mass is 289 g/mol. The zero-order chi connectivity index (χ0) is 14.8. The molecule has 1 aromatic rings. The van der Waals surface area contributed by atoms with Crippen molar-refractivity contribution in [2.45, 2.75) is 26.7 Å². The molecule has 1 saturated heterocycles. The molecule has 1 amide bonds. The number of carbonyl (C=O) groups is 1. The molecular formula is C16H22N2OP+. The van der Waals surface area contributed by atoms with Gasteiger partial charge >= 0.3 is 0 Å². The van der Waals surface area contributed by atoms with E-state index >= 15 is 0 Å². The van der Waals surface area contributed by atoms with E-state index < -0.39 is 7.26 Å². The second kappa shape index (κ2) is 5.94. The standard InChI is InChI=1S/C16H21N2OP/c1-12-8-14(10-17)9-13(2)16(12)18-15(19)11-20(3)6-4-5-7-20/h8-9H,4-7,11H2,1-3H3/p+1. The Bertz CT molecular complexity index is 545. The first-order valence-electron chi connectivity index (χ1n) is 7.08. The number of hydrogen-bond acceptors (Lipinski definition) is 2. The average molecular weight is 289 g/mol. The summed E-state index contributed by atoms with van der Waals surface area (Å²) in [6.45, 7) is 6.20. The van der Waals surface area contributed by atoms with E-state index in [2.05, 4.69) is 18.1 Å². The Balaban J connectivity index is 2.10. The molecule has 1 N–H and O–H groups in total. The van der Waals surface area contributed by atoms with Crippen molar-refractivity contribution in [3.05, 3.63) is 28.8 Å². The smallest absolute Gasteiger partial charge is 0.261 e. The van der Waals surface area contributed by atoms with Crippen molar-refractivity contribution in [3.63, 3.8) is 0 Å². The minimum atomic E-state index is -1.02. The summed E-state index contributed by atoms with van der Waals surface area (Å²) in [6.07, 6.45) is 5.78. The van der Waals surface area contributed by atoms with Crippen LogP contribution in [-0.2, 0) is 4.79 Å². The number of amides is 1. The van der Waals surface area contributed by atoms with Crippen molar-refractivity contribution in [3.8, 4) is 6.07 Å². The van der Waals surface area contributed by atoms with Crippen molar-refractivity contribution in [1.82, 2.24) is 0 Å². The lowest BCUT2D eigenvalue weighted by Crippen LogP contribution is -2.20. The van der Waals surface area contributed by atoms with Gasteiger partial charge in [-0.1, -0.05) is 0 Å². The van der Waals surface area contributed by atoms with Crippen molar-refractivity contribution >= 4 is 18.9 Å². The van der Waals surface area contributed by atoms with Gasteiger partial charge < -0.3 is 5.32 Å². The SMILES string of the molecule is Cc1cc(C#N)cc(C)c1NC(=O)C[P+]1(C)CCCC1. The van der Waals surface area contributed by atoms with Crippen molar-refractivity contribution in [2.24, 2.45) is 0 Å². The Labute approximate surface area is 121 Å². The topological polar surface area (TPSA) is 52.9 Å². The van der Waals surface area contributed by atoms with Crippen LogP contribution < -0.4 is 5.32 Å². The van der Waals surface area contributed by atoms with Gasteiger partial charge in [-0.15, -0.1) is 0 Å². The zero-order valence-corrected chi connectivity index (χ0v) is 13.4. The van der Waals surface area contributed by atoms with Crippen LogP contribution in [0.1, 0.15) is 29.5 Å². The summed E-state index contributed by atoms with van der Waals surface area (Å²) in [7, 11) is -1.02. The summed E-state index contributed by atoms with van der Waals surface area (Å²) >= 11 is 0. The molecule has 1 aliphatic heterocycles. The largest absolute Gasteiger partial charge is 0.322 e. The second-order valence-corrected chi connectivity index (χ2v) is 10.5. The number of benzene rings is 1. The molecule has 1 aromatic carbocycles. The summed E-state index contributed by atoms with van der Waals surface area (Å²) < 4.78 is 0. The van der Waals surface area contributed by atoms with Gasteiger partial charge in [0, 0.05) is 19.6 Å². The van der Waals surface area contributed by atoms with E-state index in [1.165, 1.54) is 25.2 Å². The molecule has 20 heavy (non-hydrogen) atoms. The highest BCUT2D eigenvalue weighted by atomic mass is 31.2. The van der Waals surface area contributed by atoms with E-state index in [-0.39, 0.29) is 5.91 Å². The van der Waals surface area contributed by atoms with Crippen molar-refractivity contribution in [1.29, 1.82) is 5.26 Å². The normalized spacial score (nSPS) is 16.7. The van der Waals surface area contributed by atoms with E-state index in [0.717, 1.165) is 16.8 Å². The van der Waals surface area contributed by atoms with Crippen LogP contribution in [0.25, 0.3) is 0 Å². The maximum absolute atomic E-state index is 12.3. The Morgan fingerprint density at radius 3 is 2.35 bits per heavy atom. The van der Waals surface area contributed by atoms with Crippen molar-refractivity contribution < 1.29 is 4.79 Å². The van der Waals surface area contributed by atoms with Crippen LogP contribution >= 0.6 is 7.26 Å². The number of hydrogen-bond donors (Lipinski definition) is 1. The number of carbonyl (C=O) groups excluding carboxylic acids is 1. The Morgan fingerprint density at radius 2 is 1.85 bits per heavy atom. The fourth-order valence-electron chi connectivity index (χ4n) is 3.01. The fraction of sp³-hybridized carbons (Fsp3) is 0.500. The predicted octanol–water partition coefficient (Wildman–Crippen LogP) is 3.55. The summed E-state index contributed by atoms with van der Waals surface area (Å²) in [5.74, 6) is 0.138. The lowest BCUT2D eigenvalue weighted by molar-refractivity contribution is -0.113. The number of rotatable bonds is 3. The number of aryl methyl sites for hydroxylation is 2. The molecule has 1 aliphatic rings. The molecule has 1 heterocycles. The number of nitrogens with one attached hydrogen (secondary N) is 1. The molecule has 4 heteroatoms. The summed E-state index contributed by atoms with van der Waals surface area (Å²) in [6, 6.07) is 5.80. The van der Waals surface area contributed by atoms with Crippen LogP contribution in [-0.4, -0.2) is 31.1 Å². The van der Waals surface area contributed by atoms with Gasteiger partial charge in [0.1, 0.15) is 6.16 Å². The number of nitriles is 1. The molecule has 0 saturated carbocycles. The minimum Gasteiger partial charge on any atom is -0.322 e. The molecule has 1 fully saturated rings. The van der Waals surface area contributed by atoms with Gasteiger partial charge in [-0.2, -0.15) is 5.26 Å². The van der Waals surface area contributed by atoms with Gasteiger partial charge in [-0.05, 0) is 49.9 Å². The van der Waals surface area contributed by atoms with Crippen LogP contribution in [0.3, 0.4) is 0 Å². The molecule has 0 atom stereocenters. The van der Waals surface area contributed by atoms with E-state index in [1.807, 2.05) is 26.0 Å². The average Bonchev–Trinajstić information content (AvgIpc) is 2.79. The van der Waals surface area contributed by atoms with Gasteiger partial charge in [0.2, 0.25) is 0 Å². The Kier molecular flexibility index (Phi) is 4.45. The van der Waals surface area contributed by atoms with Crippen LogP contribution in [0.15, 0.2) is 12.1 Å². The van der Waals surface area contributed by atoms with Crippen LogP contribution in [0.4, 0.5) is 5.69 Å². The second-order valence-electron chi connectivity index (χ2n) is 6.08. The molecule has 0 unspecified atom stereocenters. The third-order valence-corrected chi connectivity index (χ3v) is 7.94. The third kappa shape index (κ3) is 3.38. The molecule has 0 radical (unpaired) electrons. The van der Waals surface area contributed by atoms with Gasteiger partial charge in [0.15, 0.2) is 0 Å². The van der Waals surface area contributed by atoms with Crippen LogP contribution in [0.2, 0.25) is 0 Å². The zero-order valence-electron chi connectivity index (χ0n) is 12.5. The van der Waals surface area contributed by atoms with Gasteiger partial charge in [0.05, 0.1) is 24.0 Å². The first kappa shape index (κ1) is 15.0. The molecule has 0 aromatic heterocycles. The summed E-state index contributed by atoms with van der Waals surface area (Å²) in [5.41, 5.74) is 3.45. The molecule has 0 aliphatic carbocycles. The third-order valence-electron chi connectivity index (χ3n) is 4.10. The lowest BCUT2D eigenvalue weighted by atomic mass is 10.0. The highest BCUT2D eigenvalue weighted by molar-refractivity contribution is 7.76. The Hall–Kier alpha value is -1.39. The molecule has 0 bridgehead atoms. The van der Waals surface area contributed by atoms with Crippen molar-refractivity contribution in [2.75, 3.05) is 30.5 Å². The van der Waals surface area contributed by atoms with E-state index in [4.69, 9.17) is 5.26 Å². The fourth-order valence-corrected chi connectivity index (χ4v) is 6.29. The van der Waals surface area contributed by atoms with Gasteiger partial charge in [0.25, 0.3) is 5.91 Å². The maximum atomic E-state index is 12.3. The van der Waals surface area contributed by atoms with Gasteiger partial charge in [-0.3, -0.25) is 4.79 Å². The van der Waals surface area contributed by atoms with Crippen LogP contribution in [0.5, 0.6) is 0 Å².